The molecule has 22 heavy (non-hydrogen) atoms. The zero-order chi connectivity index (χ0) is 16.8. The first-order valence-electron chi connectivity index (χ1n) is 7.76. The summed E-state index contributed by atoms with van der Waals surface area (Å²) in [6.45, 7) is 11.6. The van der Waals surface area contributed by atoms with Gasteiger partial charge < -0.3 is 15.1 Å². The smallest absolute Gasteiger partial charge is 0.317 e. The number of carboxylic acid groups (broad SMARTS) is 2. The molecule has 0 atom stereocenters. The van der Waals surface area contributed by atoms with E-state index in [-0.39, 0.29) is 18.5 Å². The van der Waals surface area contributed by atoms with Crippen LogP contribution in [0, 0.1) is 5.41 Å². The van der Waals surface area contributed by atoms with Crippen LogP contribution in [0.4, 0.5) is 0 Å². The molecule has 0 unspecified atom stereocenters. The summed E-state index contributed by atoms with van der Waals surface area (Å²) in [5.74, 6) is -1.68. The van der Waals surface area contributed by atoms with Crippen molar-refractivity contribution in [3.05, 3.63) is 0 Å². The van der Waals surface area contributed by atoms with Gasteiger partial charge in [0.2, 0.25) is 0 Å². The Hall–Kier alpha value is -1.18. The predicted octanol–water partition coefficient (Wildman–Crippen LogP) is 0.121. The van der Waals surface area contributed by atoms with Crippen LogP contribution in [0.3, 0.4) is 0 Å². The van der Waals surface area contributed by atoms with Crippen LogP contribution < -0.4 is 0 Å². The van der Waals surface area contributed by atoms with Crippen molar-refractivity contribution in [2.45, 2.75) is 20.8 Å². The molecule has 0 aromatic heterocycles. The lowest BCUT2D eigenvalue weighted by molar-refractivity contribution is -0.140. The van der Waals surface area contributed by atoms with Crippen LogP contribution in [0.2, 0.25) is 0 Å². The Labute approximate surface area is 132 Å². The second-order valence-corrected chi connectivity index (χ2v) is 7.18. The van der Waals surface area contributed by atoms with Crippen molar-refractivity contribution in [3.8, 4) is 0 Å². The topological polar surface area (TPSA) is 84.3 Å². The summed E-state index contributed by atoms with van der Waals surface area (Å²) in [7, 11) is 0. The van der Waals surface area contributed by atoms with Crippen molar-refractivity contribution >= 4 is 11.9 Å². The molecule has 0 aromatic rings. The van der Waals surface area contributed by atoms with Gasteiger partial charge in [0.05, 0.1) is 13.1 Å². The molecule has 0 radical (unpaired) electrons. The van der Waals surface area contributed by atoms with E-state index in [1.165, 1.54) is 0 Å². The number of aliphatic carboxylic acids is 2. The quantitative estimate of drug-likeness (QED) is 0.745. The van der Waals surface area contributed by atoms with Crippen LogP contribution in [0.5, 0.6) is 0 Å². The minimum atomic E-state index is -0.841. The van der Waals surface area contributed by atoms with Gasteiger partial charge in [0.15, 0.2) is 0 Å². The summed E-state index contributed by atoms with van der Waals surface area (Å²) >= 11 is 0. The summed E-state index contributed by atoms with van der Waals surface area (Å²) in [5, 5.41) is 18.0. The van der Waals surface area contributed by atoms with Gasteiger partial charge in [0.25, 0.3) is 0 Å². The van der Waals surface area contributed by atoms with Crippen LogP contribution >= 0.6 is 0 Å². The van der Waals surface area contributed by atoms with Gasteiger partial charge in [-0.3, -0.25) is 19.4 Å². The largest absolute Gasteiger partial charge is 0.480 e. The molecule has 1 saturated heterocycles. The van der Waals surface area contributed by atoms with E-state index in [4.69, 9.17) is 10.2 Å². The lowest BCUT2D eigenvalue weighted by Gasteiger charge is -2.31. The maximum atomic E-state index is 11.0. The standard InChI is InChI=1S/C15H29N3O4/c1-15(2,3)12-18-8-6-16(10-13(19)20)4-5-17(7-9-18)11-14(21)22/h4-12H2,1-3H3,(H,19,20)(H,21,22). The highest BCUT2D eigenvalue weighted by atomic mass is 16.4. The fourth-order valence-corrected chi connectivity index (χ4v) is 2.71. The lowest BCUT2D eigenvalue weighted by atomic mass is 9.96. The first-order chi connectivity index (χ1) is 10.2. The summed E-state index contributed by atoms with van der Waals surface area (Å²) in [6.07, 6.45) is 0. The van der Waals surface area contributed by atoms with E-state index in [2.05, 4.69) is 25.7 Å². The van der Waals surface area contributed by atoms with Gasteiger partial charge in [-0.05, 0) is 5.41 Å². The first kappa shape index (κ1) is 18.9. The maximum absolute atomic E-state index is 11.0. The van der Waals surface area contributed by atoms with Crippen molar-refractivity contribution in [3.63, 3.8) is 0 Å². The second kappa shape index (κ2) is 8.45. The van der Waals surface area contributed by atoms with Gasteiger partial charge in [0.1, 0.15) is 0 Å². The SMILES string of the molecule is CC(C)(C)CN1CCN(CC(=O)O)CCN(CC(=O)O)CC1. The zero-order valence-corrected chi connectivity index (χ0v) is 13.9. The van der Waals surface area contributed by atoms with Gasteiger partial charge >= 0.3 is 11.9 Å². The molecule has 1 aliphatic heterocycles. The van der Waals surface area contributed by atoms with Gasteiger partial charge in [-0.2, -0.15) is 0 Å². The Balaban J connectivity index is 2.72. The summed E-state index contributed by atoms with van der Waals surface area (Å²) in [6, 6.07) is 0. The molecule has 128 valence electrons. The Morgan fingerprint density at radius 2 is 1.09 bits per heavy atom. The van der Waals surface area contributed by atoms with E-state index < -0.39 is 11.9 Å². The highest BCUT2D eigenvalue weighted by Gasteiger charge is 2.22. The predicted molar refractivity (Wildman–Crippen MR) is 84.0 cm³/mol. The molecule has 0 aromatic carbocycles. The van der Waals surface area contributed by atoms with Crippen molar-refractivity contribution in [1.82, 2.24) is 14.7 Å². The first-order valence-corrected chi connectivity index (χ1v) is 7.76. The van der Waals surface area contributed by atoms with Crippen molar-refractivity contribution in [1.29, 1.82) is 0 Å². The van der Waals surface area contributed by atoms with E-state index in [0.29, 0.717) is 26.2 Å². The minimum absolute atomic E-state index is 0.00424. The van der Waals surface area contributed by atoms with E-state index in [9.17, 15) is 9.59 Å². The van der Waals surface area contributed by atoms with Gasteiger partial charge in [-0.15, -0.1) is 0 Å². The molecule has 2 N–H and O–H groups in total. The third kappa shape index (κ3) is 8.31. The molecule has 7 heteroatoms. The minimum Gasteiger partial charge on any atom is -0.480 e. The summed E-state index contributed by atoms with van der Waals surface area (Å²) < 4.78 is 0. The van der Waals surface area contributed by atoms with Gasteiger partial charge in [-0.1, -0.05) is 20.8 Å². The highest BCUT2D eigenvalue weighted by Crippen LogP contribution is 2.15. The molecule has 1 fully saturated rings. The zero-order valence-electron chi connectivity index (χ0n) is 13.9. The van der Waals surface area contributed by atoms with Crippen LogP contribution in [-0.4, -0.2) is 95.8 Å². The average molecular weight is 315 g/mol. The molecule has 0 bridgehead atoms. The Morgan fingerprint density at radius 1 is 0.773 bits per heavy atom. The third-order valence-electron chi connectivity index (χ3n) is 3.61. The molecule has 1 heterocycles. The fourth-order valence-electron chi connectivity index (χ4n) is 2.71. The molecule has 1 aliphatic rings. The lowest BCUT2D eigenvalue weighted by Crippen LogP contribution is -2.41. The highest BCUT2D eigenvalue weighted by molar-refractivity contribution is 5.69. The molecule has 7 nitrogen and oxygen atoms in total. The summed E-state index contributed by atoms with van der Waals surface area (Å²) in [5.41, 5.74) is 0.156. The van der Waals surface area contributed by atoms with E-state index in [1.54, 1.807) is 0 Å². The third-order valence-corrected chi connectivity index (χ3v) is 3.61. The molecule has 1 rings (SSSR count). The van der Waals surface area contributed by atoms with Crippen LogP contribution in [0.1, 0.15) is 20.8 Å². The fraction of sp³-hybridized carbons (Fsp3) is 0.867. The Morgan fingerprint density at radius 3 is 1.36 bits per heavy atom. The number of hydrogen-bond donors (Lipinski definition) is 2. The van der Waals surface area contributed by atoms with E-state index in [0.717, 1.165) is 19.6 Å². The molecule has 0 aliphatic carbocycles. The average Bonchev–Trinajstić information content (AvgIpc) is 2.41. The summed E-state index contributed by atoms with van der Waals surface area (Å²) in [4.78, 5) is 28.0. The molecule has 0 spiro atoms. The Kier molecular flexibility index (Phi) is 7.25. The molecular formula is C15H29N3O4. The molecule has 0 amide bonds. The van der Waals surface area contributed by atoms with Crippen molar-refractivity contribution in [2.24, 2.45) is 5.41 Å². The van der Waals surface area contributed by atoms with E-state index in [1.807, 2.05) is 9.80 Å². The second-order valence-electron chi connectivity index (χ2n) is 7.18. The number of carbonyl (C=O) groups is 2. The van der Waals surface area contributed by atoms with Crippen LogP contribution in [0.15, 0.2) is 0 Å². The normalized spacial score (nSPS) is 20.1. The number of hydrogen-bond acceptors (Lipinski definition) is 5. The Bertz CT molecular complexity index is 353. The van der Waals surface area contributed by atoms with Crippen LogP contribution in [0.25, 0.3) is 0 Å². The number of rotatable bonds is 5. The number of nitrogens with zero attached hydrogens (tertiary/aromatic N) is 3. The molecular weight excluding hydrogens is 286 g/mol. The van der Waals surface area contributed by atoms with Crippen molar-refractivity contribution in [2.75, 3.05) is 58.9 Å². The van der Waals surface area contributed by atoms with Crippen LogP contribution in [-0.2, 0) is 9.59 Å². The van der Waals surface area contributed by atoms with E-state index >= 15 is 0 Å². The van der Waals surface area contributed by atoms with Crippen molar-refractivity contribution < 1.29 is 19.8 Å². The number of carboxylic acids is 2. The van der Waals surface area contributed by atoms with Gasteiger partial charge in [0, 0.05) is 45.8 Å². The molecule has 0 saturated carbocycles. The monoisotopic (exact) mass is 315 g/mol. The van der Waals surface area contributed by atoms with Gasteiger partial charge in [-0.25, -0.2) is 0 Å². The maximum Gasteiger partial charge on any atom is 0.317 e.